The number of hydrogen-bond acceptors (Lipinski definition) is 3. The predicted molar refractivity (Wildman–Crippen MR) is 103 cm³/mol. The van der Waals surface area contributed by atoms with Crippen LogP contribution in [0, 0.1) is 5.41 Å². The summed E-state index contributed by atoms with van der Waals surface area (Å²) < 4.78 is 6.28. The molecule has 0 amide bonds. The van der Waals surface area contributed by atoms with Crippen LogP contribution < -0.4 is 16.0 Å². The summed E-state index contributed by atoms with van der Waals surface area (Å²) in [6, 6.07) is 5.62. The molecule has 0 bridgehead atoms. The normalized spacial score (nSPS) is 25.0. The van der Waals surface area contributed by atoms with Crippen molar-refractivity contribution < 1.29 is 4.74 Å². The second-order valence-corrected chi connectivity index (χ2v) is 7.66. The third-order valence-corrected chi connectivity index (χ3v) is 6.19. The molecule has 1 aliphatic rings. The highest BCUT2D eigenvalue weighted by Gasteiger charge is 2.38. The minimum atomic E-state index is -0.146. The second kappa shape index (κ2) is 7.38. The van der Waals surface area contributed by atoms with Gasteiger partial charge in [-0.1, -0.05) is 25.4 Å². The van der Waals surface area contributed by atoms with Gasteiger partial charge in [-0.3, -0.25) is 4.79 Å². The summed E-state index contributed by atoms with van der Waals surface area (Å²) in [5.41, 5.74) is 6.50. The first-order valence-corrected chi connectivity index (χ1v) is 9.60. The monoisotopic (exact) mass is 362 g/mol. The van der Waals surface area contributed by atoms with Crippen LogP contribution in [0.15, 0.2) is 29.2 Å². The third kappa shape index (κ3) is 3.56. The molecule has 1 fully saturated rings. The fourth-order valence-corrected chi connectivity index (χ4v) is 4.42. The van der Waals surface area contributed by atoms with E-state index in [0.29, 0.717) is 16.2 Å². The summed E-state index contributed by atoms with van der Waals surface area (Å²) >= 11 is 6.19. The number of hydrogen-bond donors (Lipinski definition) is 2. The van der Waals surface area contributed by atoms with E-state index in [1.54, 1.807) is 12.3 Å². The smallest absolute Gasteiger partial charge is 0.255 e. The molecule has 4 nitrogen and oxygen atoms in total. The molecule has 2 aromatic rings. The van der Waals surface area contributed by atoms with Crippen molar-refractivity contribution in [3.8, 4) is 5.75 Å². The summed E-state index contributed by atoms with van der Waals surface area (Å²) in [5, 5.41) is 1.90. The van der Waals surface area contributed by atoms with Crippen molar-refractivity contribution in [3.05, 3.63) is 39.8 Å². The molecule has 0 saturated heterocycles. The number of rotatable bonds is 5. The molecule has 3 N–H and O–H groups in total. The largest absolute Gasteiger partial charge is 0.490 e. The molecule has 1 unspecified atom stereocenters. The first-order valence-electron chi connectivity index (χ1n) is 9.22. The summed E-state index contributed by atoms with van der Waals surface area (Å²) in [4.78, 5) is 14.7. The fraction of sp³-hybridized carbons (Fsp3) is 0.550. The van der Waals surface area contributed by atoms with E-state index < -0.39 is 0 Å². The van der Waals surface area contributed by atoms with E-state index in [-0.39, 0.29) is 23.1 Å². The molecule has 0 spiro atoms. The molecule has 1 aromatic carbocycles. The zero-order chi connectivity index (χ0) is 18.0. The lowest BCUT2D eigenvalue weighted by molar-refractivity contribution is 0.0575. The quantitative estimate of drug-likeness (QED) is 0.814. The number of nitrogens with two attached hydrogens (primary N) is 1. The molecule has 0 aliphatic heterocycles. The Morgan fingerprint density at radius 3 is 2.68 bits per heavy atom. The lowest BCUT2D eigenvalue weighted by atomic mass is 9.66. The molecule has 136 valence electrons. The maximum atomic E-state index is 12.0. The molecule has 1 aliphatic carbocycles. The van der Waals surface area contributed by atoms with Gasteiger partial charge < -0.3 is 15.5 Å². The van der Waals surface area contributed by atoms with Crippen molar-refractivity contribution in [2.75, 3.05) is 0 Å². The first kappa shape index (κ1) is 18.3. The molecule has 1 aromatic heterocycles. The van der Waals surface area contributed by atoms with Crippen molar-refractivity contribution >= 4 is 22.4 Å². The average molecular weight is 363 g/mol. The molecule has 25 heavy (non-hydrogen) atoms. The lowest BCUT2D eigenvalue weighted by Gasteiger charge is -2.43. The maximum Gasteiger partial charge on any atom is 0.255 e. The van der Waals surface area contributed by atoms with Crippen LogP contribution in [0.1, 0.15) is 52.4 Å². The number of halogens is 1. The standard InChI is InChI=1S/C20H27ClN2O2/c1-3-18(22)20(4-2)8-5-14(6-9-20)25-17-12-13(21)11-16-15(17)7-10-23-19(16)24/h7,10-12,14,18H,3-6,8-9,22H2,1-2H3,(H,23,24). The SMILES string of the molecule is CCC(N)C1(CC)CCC(Oc2cc(Cl)cc3c(=O)[nH]ccc23)CC1. The number of benzene rings is 1. The van der Waals surface area contributed by atoms with Crippen molar-refractivity contribution in [2.24, 2.45) is 11.1 Å². The van der Waals surface area contributed by atoms with E-state index in [0.717, 1.165) is 43.9 Å². The zero-order valence-corrected chi connectivity index (χ0v) is 15.7. The van der Waals surface area contributed by atoms with Gasteiger partial charge in [0.1, 0.15) is 5.75 Å². The number of ether oxygens (including phenoxy) is 1. The minimum Gasteiger partial charge on any atom is -0.490 e. The second-order valence-electron chi connectivity index (χ2n) is 7.22. The summed E-state index contributed by atoms with van der Waals surface area (Å²) in [5.74, 6) is 0.697. The van der Waals surface area contributed by atoms with Crippen LogP contribution in [-0.4, -0.2) is 17.1 Å². The summed E-state index contributed by atoms with van der Waals surface area (Å²) in [6.45, 7) is 4.41. The minimum absolute atomic E-state index is 0.143. The molecule has 1 heterocycles. The topological polar surface area (TPSA) is 68.1 Å². The summed E-state index contributed by atoms with van der Waals surface area (Å²) in [6.07, 6.45) is 8.06. The van der Waals surface area contributed by atoms with Crippen LogP contribution >= 0.6 is 11.6 Å². The Bertz CT molecular complexity index is 794. The molecular weight excluding hydrogens is 336 g/mol. The number of aromatic amines is 1. The number of nitrogens with one attached hydrogen (secondary N) is 1. The fourth-order valence-electron chi connectivity index (χ4n) is 4.21. The van der Waals surface area contributed by atoms with Crippen molar-refractivity contribution in [3.63, 3.8) is 0 Å². The molecule has 1 saturated carbocycles. The van der Waals surface area contributed by atoms with Gasteiger partial charge in [0.2, 0.25) is 0 Å². The van der Waals surface area contributed by atoms with E-state index in [9.17, 15) is 4.79 Å². The predicted octanol–water partition coefficient (Wildman–Crippen LogP) is 4.64. The lowest BCUT2D eigenvalue weighted by Crippen LogP contribution is -2.45. The van der Waals surface area contributed by atoms with E-state index in [1.165, 1.54) is 0 Å². The Balaban J connectivity index is 1.80. The summed E-state index contributed by atoms with van der Waals surface area (Å²) in [7, 11) is 0. The molecule has 3 rings (SSSR count). The van der Waals surface area contributed by atoms with Gasteiger partial charge in [-0.15, -0.1) is 0 Å². The van der Waals surface area contributed by atoms with Crippen LogP contribution in [-0.2, 0) is 0 Å². The number of pyridine rings is 1. The van der Waals surface area contributed by atoms with Gasteiger partial charge in [0, 0.05) is 22.6 Å². The molecule has 0 radical (unpaired) electrons. The van der Waals surface area contributed by atoms with Crippen molar-refractivity contribution in [2.45, 2.75) is 64.5 Å². The molecular formula is C20H27ClN2O2. The van der Waals surface area contributed by atoms with E-state index in [2.05, 4.69) is 18.8 Å². The van der Waals surface area contributed by atoms with Crippen molar-refractivity contribution in [1.29, 1.82) is 0 Å². The first-order chi connectivity index (χ1) is 12.0. The Labute approximate surface area is 153 Å². The average Bonchev–Trinajstić information content (AvgIpc) is 2.63. The Morgan fingerprint density at radius 2 is 2.04 bits per heavy atom. The Kier molecular flexibility index (Phi) is 5.40. The van der Waals surface area contributed by atoms with Gasteiger partial charge in [0.25, 0.3) is 5.56 Å². The number of H-pyrrole nitrogens is 1. The molecule has 1 atom stereocenters. The highest BCUT2D eigenvalue weighted by Crippen LogP contribution is 2.43. The van der Waals surface area contributed by atoms with E-state index in [4.69, 9.17) is 22.1 Å². The van der Waals surface area contributed by atoms with Crippen LogP contribution in [0.4, 0.5) is 0 Å². The maximum absolute atomic E-state index is 12.0. The van der Waals surface area contributed by atoms with Gasteiger partial charge in [0.05, 0.1) is 11.5 Å². The molecule has 5 heteroatoms. The van der Waals surface area contributed by atoms with Crippen LogP contribution in [0.5, 0.6) is 5.75 Å². The Morgan fingerprint density at radius 1 is 1.32 bits per heavy atom. The number of fused-ring (bicyclic) bond motifs is 1. The zero-order valence-electron chi connectivity index (χ0n) is 15.0. The van der Waals surface area contributed by atoms with Crippen LogP contribution in [0.3, 0.4) is 0 Å². The van der Waals surface area contributed by atoms with Gasteiger partial charge in [-0.05, 0) is 62.1 Å². The van der Waals surface area contributed by atoms with Crippen molar-refractivity contribution in [1.82, 2.24) is 4.98 Å². The highest BCUT2D eigenvalue weighted by molar-refractivity contribution is 6.31. The van der Waals surface area contributed by atoms with Gasteiger partial charge >= 0.3 is 0 Å². The highest BCUT2D eigenvalue weighted by atomic mass is 35.5. The van der Waals surface area contributed by atoms with E-state index >= 15 is 0 Å². The number of aromatic nitrogens is 1. The van der Waals surface area contributed by atoms with Gasteiger partial charge in [0.15, 0.2) is 0 Å². The van der Waals surface area contributed by atoms with Gasteiger partial charge in [-0.2, -0.15) is 0 Å². The Hall–Kier alpha value is -1.52. The van der Waals surface area contributed by atoms with E-state index in [1.807, 2.05) is 12.1 Å². The van der Waals surface area contributed by atoms with Crippen LogP contribution in [0.2, 0.25) is 5.02 Å². The van der Waals surface area contributed by atoms with Gasteiger partial charge in [-0.25, -0.2) is 0 Å². The third-order valence-electron chi connectivity index (χ3n) is 5.97. The van der Waals surface area contributed by atoms with Crippen LogP contribution in [0.25, 0.3) is 10.8 Å².